The van der Waals surface area contributed by atoms with E-state index in [2.05, 4.69) is 93.7 Å². The van der Waals surface area contributed by atoms with E-state index in [0.717, 1.165) is 109 Å². The normalized spacial score (nSPS) is 12.5. The average molecular weight is 1130 g/mol. The van der Waals surface area contributed by atoms with Crippen molar-refractivity contribution >= 4 is 17.9 Å². The molecule has 0 saturated carbocycles. The highest BCUT2D eigenvalue weighted by molar-refractivity contribution is 5.71. The molecule has 0 spiro atoms. The molecule has 0 aliphatic rings. The van der Waals surface area contributed by atoms with Gasteiger partial charge >= 0.3 is 17.9 Å². The zero-order valence-electron chi connectivity index (χ0n) is 54.1. The van der Waals surface area contributed by atoms with E-state index < -0.39 is 6.10 Å². The summed E-state index contributed by atoms with van der Waals surface area (Å²) in [6, 6.07) is 0. The topological polar surface area (TPSA) is 78.9 Å². The Kier molecular flexibility index (Phi) is 66.6. The van der Waals surface area contributed by atoms with Crippen LogP contribution in [0.15, 0.2) is 72.9 Å². The zero-order chi connectivity index (χ0) is 58.5. The number of carbonyl (C=O) groups excluding carboxylic acids is 3. The quantitative estimate of drug-likeness (QED) is 0.0261. The summed E-state index contributed by atoms with van der Waals surface area (Å²) in [5, 5.41) is 0. The highest BCUT2D eigenvalue weighted by atomic mass is 16.6. The molecule has 0 rings (SSSR count). The van der Waals surface area contributed by atoms with E-state index in [9.17, 15) is 14.4 Å². The van der Waals surface area contributed by atoms with Crippen LogP contribution in [0.4, 0.5) is 0 Å². The first-order valence-electron chi connectivity index (χ1n) is 35.4. The maximum Gasteiger partial charge on any atom is 0.306 e. The molecule has 0 aromatic rings. The number of esters is 3. The summed E-state index contributed by atoms with van der Waals surface area (Å²) in [6.07, 6.45) is 91.4. The minimum atomic E-state index is -0.786. The molecule has 470 valence electrons. The molecule has 0 fully saturated rings. The number of ether oxygens (including phenoxy) is 3. The van der Waals surface area contributed by atoms with Gasteiger partial charge in [0.05, 0.1) is 0 Å². The van der Waals surface area contributed by atoms with Crippen LogP contribution in [-0.2, 0) is 28.6 Å². The molecule has 0 aromatic heterocycles. The van der Waals surface area contributed by atoms with Gasteiger partial charge in [-0.1, -0.05) is 351 Å². The van der Waals surface area contributed by atoms with Gasteiger partial charge in [-0.15, -0.1) is 0 Å². The van der Waals surface area contributed by atoms with Crippen LogP contribution >= 0.6 is 0 Å². The third-order valence-electron chi connectivity index (χ3n) is 15.7. The zero-order valence-corrected chi connectivity index (χ0v) is 54.1. The number of carbonyl (C=O) groups is 3. The summed E-state index contributed by atoms with van der Waals surface area (Å²) in [6.45, 7) is 6.49. The fraction of sp³-hybridized carbons (Fsp3) is 0.800. The lowest BCUT2D eigenvalue weighted by Gasteiger charge is -2.18. The van der Waals surface area contributed by atoms with Gasteiger partial charge in [0.1, 0.15) is 13.2 Å². The SMILES string of the molecule is CC/C=C\C/C=C\C/C=C\C/C=C\C/C=C\C/C=C\CCCCCCC(=O)OC(COC(=O)CCCCCCCC)COC(=O)CCCCCCCCCCCCCCCCCCCCCCCCCCCCCCCCCCCC. The van der Waals surface area contributed by atoms with Crippen LogP contribution in [0.25, 0.3) is 0 Å². The van der Waals surface area contributed by atoms with Crippen LogP contribution in [0.2, 0.25) is 0 Å². The maximum absolute atomic E-state index is 12.9. The number of rotatable bonds is 65. The molecular formula is C75H134O6. The lowest BCUT2D eigenvalue weighted by atomic mass is 10.0. The Balaban J connectivity index is 3.98. The lowest BCUT2D eigenvalue weighted by molar-refractivity contribution is -0.167. The Morgan fingerprint density at radius 2 is 0.481 bits per heavy atom. The van der Waals surface area contributed by atoms with Crippen molar-refractivity contribution in [3.05, 3.63) is 72.9 Å². The third kappa shape index (κ3) is 67.5. The molecule has 0 saturated heterocycles. The fourth-order valence-corrected chi connectivity index (χ4v) is 10.5. The van der Waals surface area contributed by atoms with Crippen LogP contribution in [0.5, 0.6) is 0 Å². The van der Waals surface area contributed by atoms with Crippen molar-refractivity contribution in [2.45, 2.75) is 374 Å². The second-order valence-electron chi connectivity index (χ2n) is 23.8. The summed E-state index contributed by atoms with van der Waals surface area (Å²) in [5.74, 6) is -0.903. The molecule has 0 heterocycles. The molecule has 0 N–H and O–H groups in total. The number of hydrogen-bond donors (Lipinski definition) is 0. The van der Waals surface area contributed by atoms with Crippen LogP contribution in [-0.4, -0.2) is 37.2 Å². The van der Waals surface area contributed by atoms with E-state index >= 15 is 0 Å². The van der Waals surface area contributed by atoms with E-state index in [0.29, 0.717) is 19.3 Å². The van der Waals surface area contributed by atoms with E-state index in [4.69, 9.17) is 14.2 Å². The Labute approximate surface area is 503 Å². The van der Waals surface area contributed by atoms with Crippen LogP contribution in [0.1, 0.15) is 367 Å². The molecule has 1 atom stereocenters. The molecular weight excluding hydrogens is 997 g/mol. The minimum absolute atomic E-state index is 0.0828. The summed E-state index contributed by atoms with van der Waals surface area (Å²) in [4.78, 5) is 38.1. The molecule has 6 heteroatoms. The van der Waals surface area contributed by atoms with Crippen LogP contribution in [0, 0.1) is 0 Å². The number of unbranched alkanes of at least 4 members (excludes halogenated alkanes) is 42. The average Bonchev–Trinajstić information content (AvgIpc) is 3.47. The Morgan fingerprint density at radius 1 is 0.259 bits per heavy atom. The van der Waals surface area contributed by atoms with Gasteiger partial charge in [-0.25, -0.2) is 0 Å². The first-order valence-corrected chi connectivity index (χ1v) is 35.4. The smallest absolute Gasteiger partial charge is 0.306 e. The predicted octanol–water partition coefficient (Wildman–Crippen LogP) is 24.4. The minimum Gasteiger partial charge on any atom is -0.462 e. The van der Waals surface area contributed by atoms with Gasteiger partial charge in [-0.3, -0.25) is 14.4 Å². The molecule has 0 amide bonds. The molecule has 0 bridgehead atoms. The molecule has 81 heavy (non-hydrogen) atoms. The Hall–Kier alpha value is -3.15. The van der Waals surface area contributed by atoms with E-state index in [1.807, 2.05) is 0 Å². The van der Waals surface area contributed by atoms with Gasteiger partial charge in [0.2, 0.25) is 0 Å². The third-order valence-corrected chi connectivity index (χ3v) is 15.7. The summed E-state index contributed by atoms with van der Waals surface area (Å²) >= 11 is 0. The first-order chi connectivity index (χ1) is 40.0. The van der Waals surface area contributed by atoms with Crippen molar-refractivity contribution in [3.8, 4) is 0 Å². The van der Waals surface area contributed by atoms with Gasteiger partial charge in [0, 0.05) is 19.3 Å². The largest absolute Gasteiger partial charge is 0.462 e. The van der Waals surface area contributed by atoms with Crippen molar-refractivity contribution in [2.75, 3.05) is 13.2 Å². The van der Waals surface area contributed by atoms with Gasteiger partial charge in [0.15, 0.2) is 6.10 Å². The monoisotopic (exact) mass is 1130 g/mol. The van der Waals surface area contributed by atoms with Crippen molar-refractivity contribution in [1.82, 2.24) is 0 Å². The summed E-state index contributed by atoms with van der Waals surface area (Å²) in [5.41, 5.74) is 0. The molecule has 0 aromatic carbocycles. The van der Waals surface area contributed by atoms with Crippen LogP contribution in [0.3, 0.4) is 0 Å². The second kappa shape index (κ2) is 69.3. The van der Waals surface area contributed by atoms with E-state index in [-0.39, 0.29) is 31.1 Å². The van der Waals surface area contributed by atoms with Crippen molar-refractivity contribution in [2.24, 2.45) is 0 Å². The van der Waals surface area contributed by atoms with E-state index in [1.54, 1.807) is 0 Å². The Bertz CT molecular complexity index is 1490. The lowest BCUT2D eigenvalue weighted by Crippen LogP contribution is -2.30. The highest BCUT2D eigenvalue weighted by Gasteiger charge is 2.19. The number of allylic oxidation sites excluding steroid dienone is 12. The molecule has 6 nitrogen and oxygen atoms in total. The van der Waals surface area contributed by atoms with Crippen LogP contribution < -0.4 is 0 Å². The first kappa shape index (κ1) is 77.9. The van der Waals surface area contributed by atoms with Gasteiger partial charge < -0.3 is 14.2 Å². The van der Waals surface area contributed by atoms with Crippen molar-refractivity contribution in [3.63, 3.8) is 0 Å². The molecule has 0 aliphatic carbocycles. The summed E-state index contributed by atoms with van der Waals surface area (Å²) < 4.78 is 16.8. The fourth-order valence-electron chi connectivity index (χ4n) is 10.5. The van der Waals surface area contributed by atoms with Crippen molar-refractivity contribution in [1.29, 1.82) is 0 Å². The standard InChI is InChI=1S/C75H134O6/c1-4-7-10-13-16-18-20-22-24-26-28-30-32-33-34-35-36-37-38-39-40-41-42-44-45-47-49-51-53-55-57-59-62-65-68-74(77)80-71-72(70-79-73(76)67-64-61-15-12-9-6-3)81-75(78)69-66-63-60-58-56-54-52-50-48-46-43-31-29-27-25-23-21-19-17-14-11-8-5-2/h8,11,17,19,23,25,29,31,46,48,52,54,72H,4-7,9-10,12-16,18,20-22,24,26-28,30,32-45,47,49-51,53,55-71H2,1-3H3/b11-8-,19-17-,25-23-,31-29-,48-46-,54-52-. The van der Waals surface area contributed by atoms with Crippen molar-refractivity contribution < 1.29 is 28.6 Å². The molecule has 1 unspecified atom stereocenters. The highest BCUT2D eigenvalue weighted by Crippen LogP contribution is 2.18. The summed E-state index contributed by atoms with van der Waals surface area (Å²) in [7, 11) is 0. The van der Waals surface area contributed by atoms with Gasteiger partial charge in [0.25, 0.3) is 0 Å². The molecule has 0 aliphatic heterocycles. The Morgan fingerprint density at radius 3 is 0.753 bits per heavy atom. The number of hydrogen-bond acceptors (Lipinski definition) is 6. The van der Waals surface area contributed by atoms with Gasteiger partial charge in [-0.2, -0.15) is 0 Å². The molecule has 0 radical (unpaired) electrons. The predicted molar refractivity (Wildman–Crippen MR) is 353 cm³/mol. The van der Waals surface area contributed by atoms with Gasteiger partial charge in [-0.05, 0) is 70.6 Å². The maximum atomic E-state index is 12.9. The second-order valence-corrected chi connectivity index (χ2v) is 23.8. The van der Waals surface area contributed by atoms with E-state index in [1.165, 1.54) is 218 Å².